The monoisotopic (exact) mass is 614 g/mol. The minimum atomic E-state index is -1.09. The van der Waals surface area contributed by atoms with E-state index in [1.165, 1.54) is 102 Å². The van der Waals surface area contributed by atoms with Gasteiger partial charge in [-0.2, -0.15) is 0 Å². The van der Waals surface area contributed by atoms with E-state index in [9.17, 15) is 24.6 Å². The molecule has 0 amide bonds. The van der Waals surface area contributed by atoms with Crippen LogP contribution < -0.4 is 10.2 Å². The summed E-state index contributed by atoms with van der Waals surface area (Å²) >= 11 is 0. The molecular formula is C33H58O6Zn. The molecule has 0 aromatic carbocycles. The molecule has 1 N–H and O–H groups in total. The van der Waals surface area contributed by atoms with Gasteiger partial charge in [0.1, 0.15) is 0 Å². The number of allylic oxidation sites excluding steroid dienone is 3. The van der Waals surface area contributed by atoms with Gasteiger partial charge in [0, 0.05) is 6.08 Å². The number of carbonyl (C=O) groups excluding carboxylic acids is 2. The number of hydrogen-bond donors (Lipinski definition) is 1. The van der Waals surface area contributed by atoms with Gasteiger partial charge in [-0.25, -0.2) is 4.79 Å². The van der Waals surface area contributed by atoms with Crippen LogP contribution in [0.25, 0.3) is 0 Å². The summed E-state index contributed by atoms with van der Waals surface area (Å²) in [5, 5.41) is 28.3. The molecule has 228 valence electrons. The molecule has 0 aliphatic heterocycles. The molecule has 0 saturated carbocycles. The normalized spacial score (nSPS) is 10.6. The Morgan fingerprint density at radius 3 is 0.975 bits per heavy atom. The van der Waals surface area contributed by atoms with Crippen LogP contribution >= 0.6 is 0 Å². The van der Waals surface area contributed by atoms with Gasteiger partial charge in [0.15, 0.2) is 0 Å². The van der Waals surface area contributed by atoms with Crippen LogP contribution in [-0.4, -0.2) is 23.0 Å². The van der Waals surface area contributed by atoms with E-state index in [0.717, 1.165) is 50.7 Å². The topological polar surface area (TPSA) is 118 Å². The third kappa shape index (κ3) is 56.4. The number of unbranched alkanes of at least 4 members (excludes halogenated alkanes) is 18. The van der Waals surface area contributed by atoms with Gasteiger partial charge in [-0.15, -0.1) is 0 Å². The smallest absolute Gasteiger partial charge is 0.545 e. The first-order valence-electron chi connectivity index (χ1n) is 15.5. The fourth-order valence-corrected chi connectivity index (χ4v) is 3.67. The van der Waals surface area contributed by atoms with Crippen molar-refractivity contribution in [1.82, 2.24) is 0 Å². The number of carboxylic acids is 3. The van der Waals surface area contributed by atoms with Crippen LogP contribution in [0.4, 0.5) is 0 Å². The van der Waals surface area contributed by atoms with Crippen LogP contribution in [0.15, 0.2) is 36.5 Å². The van der Waals surface area contributed by atoms with Crippen molar-refractivity contribution in [3.8, 4) is 0 Å². The number of carboxylic acid groups (broad SMARTS) is 3. The summed E-state index contributed by atoms with van der Waals surface area (Å²) in [4.78, 5) is 30.0. The molecule has 0 aromatic heterocycles. The Kier molecular flexibility index (Phi) is 47.2. The van der Waals surface area contributed by atoms with Crippen molar-refractivity contribution in [2.45, 2.75) is 156 Å². The van der Waals surface area contributed by atoms with Gasteiger partial charge in [0.25, 0.3) is 0 Å². The van der Waals surface area contributed by atoms with E-state index in [1.807, 2.05) is 0 Å². The summed E-state index contributed by atoms with van der Waals surface area (Å²) in [5.41, 5.74) is 0. The van der Waals surface area contributed by atoms with E-state index in [1.54, 1.807) is 18.2 Å². The van der Waals surface area contributed by atoms with Crippen molar-refractivity contribution < 1.29 is 49.2 Å². The van der Waals surface area contributed by atoms with E-state index in [2.05, 4.69) is 20.8 Å². The maximum absolute atomic E-state index is 10.1. The van der Waals surface area contributed by atoms with Crippen LogP contribution in [0.1, 0.15) is 156 Å². The molecule has 0 aromatic rings. The van der Waals surface area contributed by atoms with E-state index < -0.39 is 17.9 Å². The summed E-state index contributed by atoms with van der Waals surface area (Å²) in [7, 11) is 0. The largest absolute Gasteiger partial charge is 2.00 e. The zero-order valence-corrected chi connectivity index (χ0v) is 29.0. The van der Waals surface area contributed by atoms with Crippen molar-refractivity contribution in [3.05, 3.63) is 36.5 Å². The summed E-state index contributed by atoms with van der Waals surface area (Å²) in [5.74, 6) is -3.03. The standard InChI is InChI=1S/3C11H20O2.Zn/c3*1-2-3-4-5-6-7-8-9-10-11(12)13;/h3*9-10H,2-8H2,1H3,(H,12,13);/q;;;+2/p-2. The second kappa shape index (κ2) is 41.7. The second-order valence-electron chi connectivity index (χ2n) is 9.85. The average molecular weight is 616 g/mol. The SMILES string of the molecule is CCCCCCCCC=CC(=O)O.CCCCCCCCC=CC(=O)[O-].CCCCCCCCC=CC(=O)[O-].[Zn+2]. The van der Waals surface area contributed by atoms with Crippen molar-refractivity contribution in [1.29, 1.82) is 0 Å². The van der Waals surface area contributed by atoms with Crippen LogP contribution in [0, 0.1) is 0 Å². The third-order valence-corrected chi connectivity index (χ3v) is 5.94. The van der Waals surface area contributed by atoms with Crippen LogP contribution in [0.2, 0.25) is 0 Å². The number of rotatable bonds is 24. The summed E-state index contributed by atoms with van der Waals surface area (Å²) in [6.07, 6.45) is 33.6. The van der Waals surface area contributed by atoms with E-state index in [4.69, 9.17) is 5.11 Å². The second-order valence-corrected chi connectivity index (χ2v) is 9.85. The van der Waals surface area contributed by atoms with Crippen molar-refractivity contribution >= 4 is 17.9 Å². The predicted octanol–water partition coefficient (Wildman–Crippen LogP) is 7.46. The summed E-state index contributed by atoms with van der Waals surface area (Å²) in [6, 6.07) is 0. The van der Waals surface area contributed by atoms with Gasteiger partial charge < -0.3 is 24.9 Å². The van der Waals surface area contributed by atoms with Crippen LogP contribution in [-0.2, 0) is 33.9 Å². The fourth-order valence-electron chi connectivity index (χ4n) is 3.67. The van der Waals surface area contributed by atoms with Gasteiger partial charge in [-0.1, -0.05) is 135 Å². The fraction of sp³-hybridized carbons (Fsp3) is 0.727. The maximum Gasteiger partial charge on any atom is 2.00 e. The molecule has 6 nitrogen and oxygen atoms in total. The Balaban J connectivity index is -0.000000240. The Morgan fingerprint density at radius 1 is 0.475 bits per heavy atom. The van der Waals surface area contributed by atoms with Gasteiger partial charge >= 0.3 is 25.4 Å². The van der Waals surface area contributed by atoms with Crippen molar-refractivity contribution in [3.63, 3.8) is 0 Å². The Morgan fingerprint density at radius 2 is 0.725 bits per heavy atom. The molecule has 0 atom stereocenters. The zero-order chi connectivity index (χ0) is 29.8. The number of hydrogen-bond acceptors (Lipinski definition) is 5. The van der Waals surface area contributed by atoms with Gasteiger partial charge in [0.05, 0.1) is 11.9 Å². The molecule has 0 fully saturated rings. The summed E-state index contributed by atoms with van der Waals surface area (Å²) < 4.78 is 0. The van der Waals surface area contributed by atoms with Gasteiger partial charge in [0.2, 0.25) is 0 Å². The maximum atomic E-state index is 10.1. The van der Waals surface area contributed by atoms with Crippen LogP contribution in [0.3, 0.4) is 0 Å². The summed E-state index contributed by atoms with van der Waals surface area (Å²) in [6.45, 7) is 6.60. The Labute approximate surface area is 258 Å². The first kappa shape index (κ1) is 45.2. The number of carbonyl (C=O) groups is 3. The molecule has 0 radical (unpaired) electrons. The van der Waals surface area contributed by atoms with Gasteiger partial charge in [-0.05, 0) is 50.7 Å². The van der Waals surface area contributed by atoms with E-state index >= 15 is 0 Å². The van der Waals surface area contributed by atoms with E-state index in [0.29, 0.717) is 0 Å². The molecule has 0 bridgehead atoms. The minimum Gasteiger partial charge on any atom is -0.545 e. The van der Waals surface area contributed by atoms with Crippen LogP contribution in [0.5, 0.6) is 0 Å². The minimum absolute atomic E-state index is 0. The Bertz CT molecular complexity index is 543. The first-order valence-corrected chi connectivity index (χ1v) is 15.5. The molecule has 0 unspecified atom stereocenters. The molecule has 0 aliphatic carbocycles. The average Bonchev–Trinajstić information content (AvgIpc) is 2.89. The molecule has 0 rings (SSSR count). The van der Waals surface area contributed by atoms with Crippen molar-refractivity contribution in [2.75, 3.05) is 0 Å². The third-order valence-electron chi connectivity index (χ3n) is 5.94. The predicted molar refractivity (Wildman–Crippen MR) is 159 cm³/mol. The zero-order valence-electron chi connectivity index (χ0n) is 26.0. The molecule has 0 spiro atoms. The van der Waals surface area contributed by atoms with Gasteiger partial charge in [-0.3, -0.25) is 0 Å². The molecule has 7 heteroatoms. The van der Waals surface area contributed by atoms with E-state index in [-0.39, 0.29) is 19.5 Å². The molecule has 0 heterocycles. The van der Waals surface area contributed by atoms with Crippen molar-refractivity contribution in [2.24, 2.45) is 0 Å². The Hall–Kier alpha value is -1.75. The molecule has 0 aliphatic rings. The quantitative estimate of drug-likeness (QED) is 0.0684. The molecule has 0 saturated heterocycles. The molecular weight excluding hydrogens is 558 g/mol. The molecule has 40 heavy (non-hydrogen) atoms. The first-order chi connectivity index (χ1) is 18.8. The number of aliphatic carboxylic acids is 3.